The van der Waals surface area contributed by atoms with Gasteiger partial charge in [0.2, 0.25) is 0 Å². The predicted octanol–water partition coefficient (Wildman–Crippen LogP) is 3.70. The highest BCUT2D eigenvalue weighted by Crippen LogP contribution is 2.29. The van der Waals surface area contributed by atoms with Crippen molar-refractivity contribution in [3.8, 4) is 11.3 Å². The molecule has 0 unspecified atom stereocenters. The van der Waals surface area contributed by atoms with Gasteiger partial charge in [-0.1, -0.05) is 30.9 Å². The van der Waals surface area contributed by atoms with E-state index in [4.69, 9.17) is 0 Å². The normalized spacial score (nSPS) is 21.7. The molecule has 1 saturated carbocycles. The minimum absolute atomic E-state index is 0.491. The minimum Gasteiger partial charge on any atom is -0.300 e. The summed E-state index contributed by atoms with van der Waals surface area (Å²) in [4.78, 5) is 6.91. The van der Waals surface area contributed by atoms with Crippen molar-refractivity contribution < 1.29 is 0 Å². The molecule has 1 aliphatic heterocycles. The second kappa shape index (κ2) is 7.43. The van der Waals surface area contributed by atoms with E-state index in [1.165, 1.54) is 64.5 Å². The van der Waals surface area contributed by atoms with Crippen LogP contribution in [-0.4, -0.2) is 44.0 Å². The van der Waals surface area contributed by atoms with Crippen molar-refractivity contribution in [3.63, 3.8) is 0 Å². The number of hydrogen-bond donors (Lipinski definition) is 0. The predicted molar refractivity (Wildman–Crippen MR) is 94.6 cm³/mol. The van der Waals surface area contributed by atoms with Gasteiger partial charge in [-0.3, -0.25) is 4.98 Å². The van der Waals surface area contributed by atoms with Crippen LogP contribution in [0.25, 0.3) is 11.3 Å². The highest BCUT2D eigenvalue weighted by atomic mass is 15.4. The Morgan fingerprint density at radius 1 is 0.917 bits per heavy atom. The van der Waals surface area contributed by atoms with E-state index in [0.717, 1.165) is 17.3 Å². The van der Waals surface area contributed by atoms with Crippen molar-refractivity contribution in [2.24, 2.45) is 0 Å². The molecule has 0 radical (unpaired) electrons. The molecule has 128 valence electrons. The maximum Gasteiger partial charge on any atom is 0.114 e. The van der Waals surface area contributed by atoms with Gasteiger partial charge in [-0.2, -0.15) is 0 Å². The summed E-state index contributed by atoms with van der Waals surface area (Å²) >= 11 is 0. The van der Waals surface area contributed by atoms with E-state index in [2.05, 4.69) is 31.1 Å². The number of hydrogen-bond acceptors (Lipinski definition) is 4. The zero-order valence-electron chi connectivity index (χ0n) is 14.3. The Labute approximate surface area is 144 Å². The SMILES string of the molecule is c1cncc(-c2cn(C3CCN(C4CCCCCC4)CC3)nn2)c1. The fourth-order valence-electron chi connectivity index (χ4n) is 4.24. The van der Waals surface area contributed by atoms with Crippen LogP contribution in [0.2, 0.25) is 0 Å². The Balaban J connectivity index is 1.37. The van der Waals surface area contributed by atoms with Crippen molar-refractivity contribution in [1.82, 2.24) is 24.9 Å². The average Bonchev–Trinajstić information content (AvgIpc) is 2.98. The molecule has 0 aromatic carbocycles. The van der Waals surface area contributed by atoms with Crippen molar-refractivity contribution in [2.45, 2.75) is 63.5 Å². The Hall–Kier alpha value is -1.75. The Morgan fingerprint density at radius 3 is 2.42 bits per heavy atom. The zero-order valence-corrected chi connectivity index (χ0v) is 14.3. The fourth-order valence-corrected chi connectivity index (χ4v) is 4.24. The summed E-state index contributed by atoms with van der Waals surface area (Å²) in [6.45, 7) is 2.41. The summed E-state index contributed by atoms with van der Waals surface area (Å²) < 4.78 is 2.08. The van der Waals surface area contributed by atoms with Gasteiger partial charge in [-0.25, -0.2) is 4.68 Å². The lowest BCUT2D eigenvalue weighted by atomic mass is 10.00. The molecule has 0 spiro atoms. The molecule has 5 heteroatoms. The molecular weight excluding hydrogens is 298 g/mol. The molecule has 2 aromatic rings. The van der Waals surface area contributed by atoms with Gasteiger partial charge >= 0.3 is 0 Å². The molecule has 0 bridgehead atoms. The van der Waals surface area contributed by atoms with Gasteiger partial charge in [0.25, 0.3) is 0 Å². The molecule has 4 rings (SSSR count). The summed E-state index contributed by atoms with van der Waals surface area (Å²) in [7, 11) is 0. The standard InChI is InChI=1S/C19H27N5/c1-2-4-8-17(7-3-1)23-12-9-18(10-13-23)24-15-19(21-22-24)16-6-5-11-20-14-16/h5-6,11,14-15,17-18H,1-4,7-10,12-13H2. The molecule has 5 nitrogen and oxygen atoms in total. The number of nitrogens with zero attached hydrogens (tertiary/aromatic N) is 5. The first-order valence-electron chi connectivity index (χ1n) is 9.46. The quantitative estimate of drug-likeness (QED) is 0.807. The maximum atomic E-state index is 4.39. The molecule has 24 heavy (non-hydrogen) atoms. The Bertz CT molecular complexity index is 622. The first kappa shape index (κ1) is 15.8. The monoisotopic (exact) mass is 325 g/mol. The summed E-state index contributed by atoms with van der Waals surface area (Å²) in [5.41, 5.74) is 1.97. The largest absolute Gasteiger partial charge is 0.300 e. The van der Waals surface area contributed by atoms with Crippen LogP contribution in [0, 0.1) is 0 Å². The fraction of sp³-hybridized carbons (Fsp3) is 0.632. The number of piperidine rings is 1. The molecule has 1 saturated heterocycles. The third-order valence-corrected chi connectivity index (χ3v) is 5.68. The third kappa shape index (κ3) is 3.51. The molecule has 2 fully saturated rings. The first-order valence-corrected chi connectivity index (χ1v) is 9.46. The molecule has 3 heterocycles. The van der Waals surface area contributed by atoms with E-state index in [9.17, 15) is 0 Å². The number of likely N-dealkylation sites (tertiary alicyclic amines) is 1. The van der Waals surface area contributed by atoms with E-state index in [1.807, 2.05) is 18.3 Å². The summed E-state index contributed by atoms with van der Waals surface area (Å²) in [5, 5.41) is 8.73. The lowest BCUT2D eigenvalue weighted by Gasteiger charge is -2.37. The van der Waals surface area contributed by atoms with Crippen molar-refractivity contribution >= 4 is 0 Å². The van der Waals surface area contributed by atoms with Gasteiger partial charge in [0.1, 0.15) is 5.69 Å². The Morgan fingerprint density at radius 2 is 1.71 bits per heavy atom. The van der Waals surface area contributed by atoms with Gasteiger partial charge in [-0.15, -0.1) is 5.10 Å². The van der Waals surface area contributed by atoms with E-state index in [0.29, 0.717) is 6.04 Å². The molecule has 2 aliphatic rings. The lowest BCUT2D eigenvalue weighted by Crippen LogP contribution is -2.41. The van der Waals surface area contributed by atoms with Crippen LogP contribution in [0.5, 0.6) is 0 Å². The van der Waals surface area contributed by atoms with Gasteiger partial charge in [0.05, 0.1) is 12.2 Å². The van der Waals surface area contributed by atoms with Crippen LogP contribution < -0.4 is 0 Å². The van der Waals surface area contributed by atoms with E-state index < -0.39 is 0 Å². The molecular formula is C19H27N5. The topological polar surface area (TPSA) is 46.8 Å². The third-order valence-electron chi connectivity index (χ3n) is 5.68. The van der Waals surface area contributed by atoms with Crippen LogP contribution in [-0.2, 0) is 0 Å². The number of pyridine rings is 1. The van der Waals surface area contributed by atoms with Gasteiger partial charge < -0.3 is 4.90 Å². The highest BCUT2D eigenvalue weighted by Gasteiger charge is 2.27. The van der Waals surface area contributed by atoms with Crippen molar-refractivity contribution in [1.29, 1.82) is 0 Å². The zero-order chi connectivity index (χ0) is 16.2. The lowest BCUT2D eigenvalue weighted by molar-refractivity contribution is 0.119. The van der Waals surface area contributed by atoms with Crippen LogP contribution in [0.15, 0.2) is 30.7 Å². The second-order valence-electron chi connectivity index (χ2n) is 7.24. The van der Waals surface area contributed by atoms with Gasteiger partial charge in [0.15, 0.2) is 0 Å². The van der Waals surface area contributed by atoms with Crippen LogP contribution in [0.4, 0.5) is 0 Å². The van der Waals surface area contributed by atoms with Crippen molar-refractivity contribution in [3.05, 3.63) is 30.7 Å². The second-order valence-corrected chi connectivity index (χ2v) is 7.24. The average molecular weight is 325 g/mol. The van der Waals surface area contributed by atoms with E-state index in [-0.39, 0.29) is 0 Å². The molecule has 1 aliphatic carbocycles. The van der Waals surface area contributed by atoms with Gasteiger partial charge in [-0.05, 0) is 37.8 Å². The molecule has 0 amide bonds. The van der Waals surface area contributed by atoms with E-state index >= 15 is 0 Å². The van der Waals surface area contributed by atoms with Crippen LogP contribution >= 0.6 is 0 Å². The summed E-state index contributed by atoms with van der Waals surface area (Å²) in [6.07, 6.45) is 16.6. The van der Waals surface area contributed by atoms with Crippen LogP contribution in [0.1, 0.15) is 57.4 Å². The van der Waals surface area contributed by atoms with E-state index in [1.54, 1.807) is 6.20 Å². The van der Waals surface area contributed by atoms with Gasteiger partial charge in [0, 0.05) is 37.1 Å². The highest BCUT2D eigenvalue weighted by molar-refractivity contribution is 5.55. The van der Waals surface area contributed by atoms with Crippen molar-refractivity contribution in [2.75, 3.05) is 13.1 Å². The summed E-state index contributed by atoms with van der Waals surface area (Å²) in [6, 6.07) is 5.30. The smallest absolute Gasteiger partial charge is 0.114 e. The molecule has 2 aromatic heterocycles. The molecule has 0 N–H and O–H groups in total. The summed E-state index contributed by atoms with van der Waals surface area (Å²) in [5.74, 6) is 0. The maximum absolute atomic E-state index is 4.39. The number of aromatic nitrogens is 4. The number of rotatable bonds is 3. The first-order chi connectivity index (χ1) is 11.9. The minimum atomic E-state index is 0.491. The Kier molecular flexibility index (Phi) is 4.88. The molecule has 0 atom stereocenters. The van der Waals surface area contributed by atoms with Crippen LogP contribution in [0.3, 0.4) is 0 Å².